The zero-order chi connectivity index (χ0) is 13.8. The molecule has 5 heteroatoms. The van der Waals surface area contributed by atoms with Crippen molar-refractivity contribution < 1.29 is 4.74 Å². The van der Waals surface area contributed by atoms with Crippen molar-refractivity contribution in [3.8, 4) is 5.88 Å². The SMILES string of the molecule is Clc1ccc(CCOc2ncnc3ncccc23)cc1. The Bertz CT molecular complexity index is 710. The summed E-state index contributed by atoms with van der Waals surface area (Å²) in [5.74, 6) is 0.567. The molecule has 0 saturated heterocycles. The molecule has 0 saturated carbocycles. The Kier molecular flexibility index (Phi) is 3.74. The van der Waals surface area contributed by atoms with Crippen LogP contribution in [0.1, 0.15) is 5.56 Å². The van der Waals surface area contributed by atoms with Crippen molar-refractivity contribution in [3.05, 3.63) is 59.5 Å². The van der Waals surface area contributed by atoms with Crippen molar-refractivity contribution in [2.75, 3.05) is 6.61 Å². The van der Waals surface area contributed by atoms with Gasteiger partial charge in [-0.3, -0.25) is 0 Å². The monoisotopic (exact) mass is 285 g/mol. The first-order chi connectivity index (χ1) is 9.83. The molecule has 2 aromatic heterocycles. The van der Waals surface area contributed by atoms with Crippen LogP contribution in [0.4, 0.5) is 0 Å². The molecule has 0 bridgehead atoms. The fourth-order valence-electron chi connectivity index (χ4n) is 1.90. The number of hydrogen-bond acceptors (Lipinski definition) is 4. The fraction of sp³-hybridized carbons (Fsp3) is 0.133. The number of pyridine rings is 1. The predicted molar refractivity (Wildman–Crippen MR) is 78.0 cm³/mol. The van der Waals surface area contributed by atoms with Gasteiger partial charge in [-0.15, -0.1) is 0 Å². The summed E-state index contributed by atoms with van der Waals surface area (Å²) in [5.41, 5.74) is 1.81. The maximum absolute atomic E-state index is 5.85. The van der Waals surface area contributed by atoms with Crippen LogP contribution in [0.15, 0.2) is 48.9 Å². The molecule has 3 rings (SSSR count). The topological polar surface area (TPSA) is 47.9 Å². The van der Waals surface area contributed by atoms with Crippen LogP contribution < -0.4 is 4.74 Å². The number of hydrogen-bond donors (Lipinski definition) is 0. The molecule has 0 spiro atoms. The lowest BCUT2D eigenvalue weighted by Gasteiger charge is -2.07. The van der Waals surface area contributed by atoms with Gasteiger partial charge in [0, 0.05) is 17.6 Å². The number of benzene rings is 1. The minimum Gasteiger partial charge on any atom is -0.477 e. The van der Waals surface area contributed by atoms with Crippen molar-refractivity contribution in [2.24, 2.45) is 0 Å². The van der Waals surface area contributed by atoms with Crippen molar-refractivity contribution in [2.45, 2.75) is 6.42 Å². The number of nitrogens with zero attached hydrogens (tertiary/aromatic N) is 3. The highest BCUT2D eigenvalue weighted by atomic mass is 35.5. The number of halogens is 1. The fourth-order valence-corrected chi connectivity index (χ4v) is 2.03. The molecule has 100 valence electrons. The Hall–Kier alpha value is -2.20. The molecule has 0 N–H and O–H groups in total. The van der Waals surface area contributed by atoms with Gasteiger partial charge in [0.15, 0.2) is 5.65 Å². The van der Waals surface area contributed by atoms with Gasteiger partial charge in [0.1, 0.15) is 6.33 Å². The molecule has 0 atom stereocenters. The van der Waals surface area contributed by atoms with Crippen LogP contribution in [-0.2, 0) is 6.42 Å². The summed E-state index contributed by atoms with van der Waals surface area (Å²) >= 11 is 5.85. The smallest absolute Gasteiger partial charge is 0.226 e. The van der Waals surface area contributed by atoms with E-state index in [0.717, 1.165) is 16.8 Å². The van der Waals surface area contributed by atoms with Crippen molar-refractivity contribution in [3.63, 3.8) is 0 Å². The zero-order valence-electron chi connectivity index (χ0n) is 10.7. The van der Waals surface area contributed by atoms with Gasteiger partial charge in [0.05, 0.1) is 12.0 Å². The molecular formula is C15H12ClN3O. The first-order valence-corrected chi connectivity index (χ1v) is 6.64. The Labute approximate surface area is 121 Å². The molecule has 0 aliphatic carbocycles. The lowest BCUT2D eigenvalue weighted by atomic mass is 10.2. The van der Waals surface area contributed by atoms with Crippen LogP contribution in [0.3, 0.4) is 0 Å². The van der Waals surface area contributed by atoms with E-state index in [1.165, 1.54) is 11.9 Å². The van der Waals surface area contributed by atoms with Crippen LogP contribution >= 0.6 is 11.6 Å². The molecule has 20 heavy (non-hydrogen) atoms. The minimum absolute atomic E-state index is 0.544. The highest BCUT2D eigenvalue weighted by molar-refractivity contribution is 6.30. The molecule has 0 fully saturated rings. The van der Waals surface area contributed by atoms with Crippen LogP contribution in [0.2, 0.25) is 5.02 Å². The maximum atomic E-state index is 5.85. The molecule has 3 aromatic rings. The third-order valence-electron chi connectivity index (χ3n) is 2.91. The molecule has 0 aliphatic heterocycles. The van der Waals surface area contributed by atoms with E-state index in [2.05, 4.69) is 15.0 Å². The maximum Gasteiger partial charge on any atom is 0.226 e. The average Bonchev–Trinajstić information content (AvgIpc) is 2.49. The number of aromatic nitrogens is 3. The molecule has 4 nitrogen and oxygen atoms in total. The second-order valence-electron chi connectivity index (χ2n) is 4.28. The van der Waals surface area contributed by atoms with E-state index < -0.39 is 0 Å². The first kappa shape index (κ1) is 12.8. The van der Waals surface area contributed by atoms with E-state index in [1.807, 2.05) is 36.4 Å². The third-order valence-corrected chi connectivity index (χ3v) is 3.17. The van der Waals surface area contributed by atoms with Crippen LogP contribution in [0, 0.1) is 0 Å². The summed E-state index contributed by atoms with van der Waals surface area (Å²) in [6, 6.07) is 11.5. The van der Waals surface area contributed by atoms with Gasteiger partial charge in [0.2, 0.25) is 5.88 Å². The summed E-state index contributed by atoms with van der Waals surface area (Å²) in [7, 11) is 0. The van der Waals surface area contributed by atoms with Gasteiger partial charge in [-0.25, -0.2) is 15.0 Å². The summed E-state index contributed by atoms with van der Waals surface area (Å²) in [5, 5.41) is 1.56. The van der Waals surface area contributed by atoms with E-state index in [9.17, 15) is 0 Å². The van der Waals surface area contributed by atoms with E-state index in [1.54, 1.807) is 6.20 Å². The standard InChI is InChI=1S/C15H12ClN3O/c16-12-5-3-11(4-6-12)7-9-20-15-13-2-1-8-17-14(13)18-10-19-15/h1-6,8,10H,7,9H2. The summed E-state index contributed by atoms with van der Waals surface area (Å²) in [6.07, 6.45) is 3.96. The summed E-state index contributed by atoms with van der Waals surface area (Å²) in [6.45, 7) is 0.544. The number of rotatable bonds is 4. The lowest BCUT2D eigenvalue weighted by molar-refractivity contribution is 0.313. The average molecular weight is 286 g/mol. The van der Waals surface area contributed by atoms with Crippen LogP contribution in [0.5, 0.6) is 5.88 Å². The molecule has 0 amide bonds. The van der Waals surface area contributed by atoms with E-state index in [4.69, 9.17) is 16.3 Å². The van der Waals surface area contributed by atoms with Crippen molar-refractivity contribution in [1.82, 2.24) is 15.0 Å². The highest BCUT2D eigenvalue weighted by Crippen LogP contribution is 2.19. The summed E-state index contributed by atoms with van der Waals surface area (Å²) < 4.78 is 5.73. The van der Waals surface area contributed by atoms with Crippen LogP contribution in [0.25, 0.3) is 11.0 Å². The summed E-state index contributed by atoms with van der Waals surface area (Å²) in [4.78, 5) is 12.4. The largest absolute Gasteiger partial charge is 0.477 e. The predicted octanol–water partition coefficient (Wildman–Crippen LogP) is 3.30. The quantitative estimate of drug-likeness (QED) is 0.738. The van der Waals surface area contributed by atoms with E-state index in [-0.39, 0.29) is 0 Å². The van der Waals surface area contributed by atoms with Crippen molar-refractivity contribution in [1.29, 1.82) is 0 Å². The van der Waals surface area contributed by atoms with Gasteiger partial charge in [0.25, 0.3) is 0 Å². The van der Waals surface area contributed by atoms with E-state index in [0.29, 0.717) is 18.1 Å². The normalized spacial score (nSPS) is 10.7. The van der Waals surface area contributed by atoms with Gasteiger partial charge in [-0.2, -0.15) is 0 Å². The number of ether oxygens (including phenoxy) is 1. The molecule has 1 aromatic carbocycles. The second-order valence-corrected chi connectivity index (χ2v) is 4.71. The van der Waals surface area contributed by atoms with Gasteiger partial charge < -0.3 is 4.74 Å². The molecule has 0 aliphatic rings. The lowest BCUT2D eigenvalue weighted by Crippen LogP contribution is -2.03. The van der Waals surface area contributed by atoms with Gasteiger partial charge in [-0.05, 0) is 29.8 Å². The van der Waals surface area contributed by atoms with Gasteiger partial charge in [-0.1, -0.05) is 23.7 Å². The highest BCUT2D eigenvalue weighted by Gasteiger charge is 2.04. The Morgan fingerprint density at radius 3 is 2.70 bits per heavy atom. The second kappa shape index (κ2) is 5.84. The van der Waals surface area contributed by atoms with E-state index >= 15 is 0 Å². The van der Waals surface area contributed by atoms with Gasteiger partial charge >= 0.3 is 0 Å². The molecular weight excluding hydrogens is 274 g/mol. The molecule has 0 unspecified atom stereocenters. The molecule has 2 heterocycles. The third kappa shape index (κ3) is 2.86. The number of fused-ring (bicyclic) bond motifs is 1. The minimum atomic E-state index is 0.544. The zero-order valence-corrected chi connectivity index (χ0v) is 11.4. The molecule has 0 radical (unpaired) electrons. The Balaban J connectivity index is 1.69. The Morgan fingerprint density at radius 1 is 1.00 bits per heavy atom. The van der Waals surface area contributed by atoms with Crippen LogP contribution in [-0.4, -0.2) is 21.6 Å². The van der Waals surface area contributed by atoms with Crippen molar-refractivity contribution >= 4 is 22.6 Å². The first-order valence-electron chi connectivity index (χ1n) is 6.26. The Morgan fingerprint density at radius 2 is 1.85 bits per heavy atom.